The van der Waals surface area contributed by atoms with Crippen LogP contribution in [0.4, 0.5) is 0 Å². The third-order valence-electron chi connectivity index (χ3n) is 7.22. The van der Waals surface area contributed by atoms with E-state index in [0.717, 1.165) is 16.7 Å². The molecular formula is C30H22N2. The van der Waals surface area contributed by atoms with E-state index in [1.54, 1.807) is 0 Å². The van der Waals surface area contributed by atoms with Crippen molar-refractivity contribution in [2.45, 2.75) is 19.3 Å². The molecule has 0 saturated heterocycles. The van der Waals surface area contributed by atoms with Crippen LogP contribution in [0.25, 0.3) is 49.5 Å². The second-order valence-corrected chi connectivity index (χ2v) is 9.31. The zero-order valence-corrected chi connectivity index (χ0v) is 18.1. The lowest BCUT2D eigenvalue weighted by Gasteiger charge is -2.21. The molecule has 2 aromatic heterocycles. The van der Waals surface area contributed by atoms with Gasteiger partial charge in [-0.15, -0.1) is 0 Å². The van der Waals surface area contributed by atoms with E-state index in [0.29, 0.717) is 0 Å². The summed E-state index contributed by atoms with van der Waals surface area (Å²) in [5.74, 6) is 0.951. The van der Waals surface area contributed by atoms with Gasteiger partial charge in [0, 0.05) is 27.8 Å². The van der Waals surface area contributed by atoms with Crippen LogP contribution in [0, 0.1) is 0 Å². The Labute approximate surface area is 186 Å². The van der Waals surface area contributed by atoms with Gasteiger partial charge in [0.15, 0.2) is 0 Å². The Morgan fingerprint density at radius 2 is 1.44 bits per heavy atom. The summed E-state index contributed by atoms with van der Waals surface area (Å²) in [4.78, 5) is 4.97. The maximum atomic E-state index is 4.97. The number of aromatic nitrogens is 2. The fourth-order valence-corrected chi connectivity index (χ4v) is 5.62. The third kappa shape index (κ3) is 2.22. The predicted molar refractivity (Wildman–Crippen MR) is 134 cm³/mol. The molecule has 2 heterocycles. The first-order valence-electron chi connectivity index (χ1n) is 11.2. The van der Waals surface area contributed by atoms with E-state index in [1.165, 1.54) is 43.9 Å². The lowest BCUT2D eigenvalue weighted by atomic mass is 9.82. The quantitative estimate of drug-likeness (QED) is 0.272. The maximum Gasteiger partial charge on any atom is 0.137 e. The van der Waals surface area contributed by atoms with Crippen LogP contribution < -0.4 is 0 Å². The van der Waals surface area contributed by atoms with Gasteiger partial charge in [-0.3, -0.25) is 0 Å². The highest BCUT2D eigenvalue weighted by Crippen LogP contribution is 2.51. The minimum Gasteiger partial charge on any atom is -0.301 e. The topological polar surface area (TPSA) is 17.8 Å². The van der Waals surface area contributed by atoms with Crippen LogP contribution in [0.15, 0.2) is 97.2 Å². The van der Waals surface area contributed by atoms with Crippen LogP contribution in [0.1, 0.15) is 25.0 Å². The highest BCUT2D eigenvalue weighted by atomic mass is 15.1. The lowest BCUT2D eigenvalue weighted by Crippen LogP contribution is -2.14. The molecule has 0 spiro atoms. The highest BCUT2D eigenvalue weighted by molar-refractivity contribution is 6.13. The second-order valence-electron chi connectivity index (χ2n) is 9.31. The smallest absolute Gasteiger partial charge is 0.137 e. The normalized spacial score (nSPS) is 14.2. The summed E-state index contributed by atoms with van der Waals surface area (Å²) in [5, 5.41) is 4.98. The molecule has 152 valence electrons. The van der Waals surface area contributed by atoms with Crippen molar-refractivity contribution in [1.29, 1.82) is 0 Å². The molecule has 0 radical (unpaired) electrons. The lowest BCUT2D eigenvalue weighted by molar-refractivity contribution is 0.661. The average Bonchev–Trinajstić information content (AvgIpc) is 3.36. The van der Waals surface area contributed by atoms with Gasteiger partial charge in [0.1, 0.15) is 5.82 Å². The van der Waals surface area contributed by atoms with E-state index < -0.39 is 0 Å². The minimum absolute atomic E-state index is 0.0109. The molecule has 2 heteroatoms. The third-order valence-corrected chi connectivity index (χ3v) is 7.22. The molecule has 2 nitrogen and oxygen atoms in total. The molecule has 0 aliphatic heterocycles. The van der Waals surface area contributed by atoms with E-state index in [4.69, 9.17) is 4.98 Å². The molecule has 0 bridgehead atoms. The van der Waals surface area contributed by atoms with Gasteiger partial charge in [-0.25, -0.2) is 4.98 Å². The number of para-hydroxylation sites is 1. The molecule has 7 rings (SSSR count). The second kappa shape index (κ2) is 6.08. The van der Waals surface area contributed by atoms with Crippen LogP contribution in [-0.4, -0.2) is 9.55 Å². The Kier molecular flexibility index (Phi) is 3.37. The summed E-state index contributed by atoms with van der Waals surface area (Å²) in [7, 11) is 0. The van der Waals surface area contributed by atoms with E-state index in [9.17, 15) is 0 Å². The number of nitrogens with zero attached hydrogens (tertiary/aromatic N) is 2. The molecule has 32 heavy (non-hydrogen) atoms. The van der Waals surface area contributed by atoms with Gasteiger partial charge in [0.25, 0.3) is 0 Å². The molecule has 1 aliphatic carbocycles. The van der Waals surface area contributed by atoms with Crippen LogP contribution in [-0.2, 0) is 5.41 Å². The number of pyridine rings is 1. The zero-order chi connectivity index (χ0) is 21.4. The van der Waals surface area contributed by atoms with E-state index in [2.05, 4.69) is 110 Å². The summed E-state index contributed by atoms with van der Waals surface area (Å²) in [6.45, 7) is 4.67. The molecule has 0 unspecified atom stereocenters. The number of hydrogen-bond acceptors (Lipinski definition) is 1. The van der Waals surface area contributed by atoms with Crippen molar-refractivity contribution in [2.75, 3.05) is 0 Å². The Balaban J connectivity index is 1.56. The van der Waals surface area contributed by atoms with Crippen LogP contribution >= 0.6 is 0 Å². The van der Waals surface area contributed by atoms with Crippen molar-refractivity contribution in [3.63, 3.8) is 0 Å². The van der Waals surface area contributed by atoms with Gasteiger partial charge >= 0.3 is 0 Å². The van der Waals surface area contributed by atoms with Gasteiger partial charge in [0.2, 0.25) is 0 Å². The Morgan fingerprint density at radius 3 is 2.38 bits per heavy atom. The van der Waals surface area contributed by atoms with E-state index in [-0.39, 0.29) is 5.41 Å². The Hall–Kier alpha value is -3.91. The zero-order valence-electron chi connectivity index (χ0n) is 18.1. The van der Waals surface area contributed by atoms with Crippen molar-refractivity contribution in [3.05, 3.63) is 108 Å². The monoisotopic (exact) mass is 410 g/mol. The molecule has 0 saturated carbocycles. The van der Waals surface area contributed by atoms with Gasteiger partial charge in [0.05, 0.1) is 11.0 Å². The van der Waals surface area contributed by atoms with Gasteiger partial charge in [-0.1, -0.05) is 80.6 Å². The standard InChI is InChI=1S/C30H22N2/c1-30(2)24-9-5-4-8-23(24)28-21-13-11-20-17-18-32(29(20)22(21)14-15-25(28)30)27-16-12-19-7-3-6-10-26(19)31-27/h3-18H,1-2H3. The van der Waals surface area contributed by atoms with Crippen LogP contribution in [0.3, 0.4) is 0 Å². The average molecular weight is 411 g/mol. The highest BCUT2D eigenvalue weighted by Gasteiger charge is 2.36. The van der Waals surface area contributed by atoms with Crippen LogP contribution in [0.5, 0.6) is 0 Å². The Bertz CT molecular complexity index is 1700. The number of rotatable bonds is 1. The number of benzene rings is 4. The summed E-state index contributed by atoms with van der Waals surface area (Å²) >= 11 is 0. The molecule has 0 fully saturated rings. The van der Waals surface area contributed by atoms with Crippen molar-refractivity contribution in [1.82, 2.24) is 9.55 Å². The fourth-order valence-electron chi connectivity index (χ4n) is 5.62. The van der Waals surface area contributed by atoms with Gasteiger partial charge in [-0.2, -0.15) is 0 Å². The molecule has 4 aromatic carbocycles. The van der Waals surface area contributed by atoms with Crippen molar-refractivity contribution in [2.24, 2.45) is 0 Å². The summed E-state index contributed by atoms with van der Waals surface area (Å²) < 4.78 is 2.24. The van der Waals surface area contributed by atoms with Crippen molar-refractivity contribution < 1.29 is 0 Å². The van der Waals surface area contributed by atoms with Gasteiger partial charge < -0.3 is 4.57 Å². The first kappa shape index (κ1) is 17.7. The number of hydrogen-bond donors (Lipinski definition) is 0. The van der Waals surface area contributed by atoms with Crippen molar-refractivity contribution in [3.8, 4) is 16.9 Å². The first-order valence-corrected chi connectivity index (χ1v) is 11.2. The summed E-state index contributed by atoms with van der Waals surface area (Å²) in [6.07, 6.45) is 2.15. The maximum absolute atomic E-state index is 4.97. The summed E-state index contributed by atoms with van der Waals surface area (Å²) in [6, 6.07) is 32.8. The van der Waals surface area contributed by atoms with E-state index >= 15 is 0 Å². The molecule has 0 atom stereocenters. The molecule has 0 N–H and O–H groups in total. The van der Waals surface area contributed by atoms with Crippen molar-refractivity contribution >= 4 is 32.6 Å². The minimum atomic E-state index is 0.0109. The predicted octanol–water partition coefficient (Wildman–Crippen LogP) is 7.64. The van der Waals surface area contributed by atoms with Crippen LogP contribution in [0.2, 0.25) is 0 Å². The summed E-state index contributed by atoms with van der Waals surface area (Å²) in [5.41, 5.74) is 7.81. The fraction of sp³-hybridized carbons (Fsp3) is 0.100. The van der Waals surface area contributed by atoms with Gasteiger partial charge in [-0.05, 0) is 51.9 Å². The largest absolute Gasteiger partial charge is 0.301 e. The Morgan fingerprint density at radius 1 is 0.656 bits per heavy atom. The van der Waals surface area contributed by atoms with E-state index in [1.807, 2.05) is 6.07 Å². The molecule has 1 aliphatic rings. The molecular weight excluding hydrogens is 388 g/mol. The number of fused-ring (bicyclic) bond motifs is 8. The molecule has 6 aromatic rings. The first-order chi connectivity index (χ1) is 15.6. The molecule has 0 amide bonds. The SMILES string of the molecule is CC1(C)c2ccccc2-c2c1ccc1c2ccc2ccn(-c3ccc4ccccc4n3)c21.